The molecule has 1 aliphatic carbocycles. The van der Waals surface area contributed by atoms with Gasteiger partial charge in [-0.3, -0.25) is 9.59 Å². The third-order valence-corrected chi connectivity index (χ3v) is 5.09. The Morgan fingerprint density at radius 1 is 1.21 bits per heavy atom. The number of carboxylic acids is 1. The van der Waals surface area contributed by atoms with Crippen LogP contribution in [0.3, 0.4) is 0 Å². The molecule has 138 valence electrons. The zero-order chi connectivity index (χ0) is 17.9. The van der Waals surface area contributed by atoms with Gasteiger partial charge in [0, 0.05) is 18.8 Å². The largest absolute Gasteiger partial charge is 0.481 e. The van der Waals surface area contributed by atoms with Crippen LogP contribution >= 0.6 is 0 Å². The van der Waals surface area contributed by atoms with Crippen molar-refractivity contribution in [2.75, 3.05) is 0 Å². The van der Waals surface area contributed by atoms with Gasteiger partial charge in [0.25, 0.3) is 0 Å². The van der Waals surface area contributed by atoms with E-state index in [0.717, 1.165) is 44.9 Å². The summed E-state index contributed by atoms with van der Waals surface area (Å²) in [6.07, 6.45) is 11.6. The van der Waals surface area contributed by atoms with Gasteiger partial charge in [0.15, 0.2) is 0 Å². The molecule has 0 spiro atoms. The lowest BCUT2D eigenvalue weighted by Gasteiger charge is -2.21. The van der Waals surface area contributed by atoms with Gasteiger partial charge < -0.3 is 10.2 Å². The zero-order valence-electron chi connectivity index (χ0n) is 15.2. The smallest absolute Gasteiger partial charge is 0.303 e. The molecule has 1 saturated carbocycles. The molecule has 0 aromatic carbocycles. The fourth-order valence-corrected chi connectivity index (χ4v) is 3.86. The number of aliphatic carboxylic acids is 1. The number of carbonyl (C=O) groups is 2. The highest BCUT2D eigenvalue weighted by atomic mass is 16.4. The molecule has 4 unspecified atom stereocenters. The molecule has 4 atom stereocenters. The highest BCUT2D eigenvalue weighted by Crippen LogP contribution is 2.41. The molecule has 0 heterocycles. The second kappa shape index (κ2) is 11.4. The third-order valence-electron chi connectivity index (χ3n) is 5.09. The molecular weight excluding hydrogens is 304 g/mol. The van der Waals surface area contributed by atoms with E-state index in [1.165, 1.54) is 0 Å². The molecule has 4 heteroatoms. The SMILES string of the molecule is CCCC(O)/C=C/C1C(CCC)CC(=O)C1CCCCCC(=O)O. The van der Waals surface area contributed by atoms with Gasteiger partial charge in [-0.1, -0.05) is 51.7 Å². The van der Waals surface area contributed by atoms with Gasteiger partial charge in [0.2, 0.25) is 0 Å². The summed E-state index contributed by atoms with van der Waals surface area (Å²) in [5, 5.41) is 18.6. The number of Topliss-reactive ketones (excluding diaryl/α,β-unsaturated/α-hetero) is 1. The van der Waals surface area contributed by atoms with E-state index in [1.54, 1.807) is 0 Å². The second-order valence-corrected chi connectivity index (χ2v) is 7.14. The summed E-state index contributed by atoms with van der Waals surface area (Å²) in [4.78, 5) is 23.0. The highest BCUT2D eigenvalue weighted by Gasteiger charge is 2.39. The molecule has 0 aromatic rings. The summed E-state index contributed by atoms with van der Waals surface area (Å²) in [5.74, 6) is 0.295. The number of aliphatic hydroxyl groups excluding tert-OH is 1. The maximum Gasteiger partial charge on any atom is 0.303 e. The fraction of sp³-hybridized carbons (Fsp3) is 0.800. The number of unbranched alkanes of at least 4 members (excludes halogenated alkanes) is 2. The van der Waals surface area contributed by atoms with Crippen LogP contribution in [0.4, 0.5) is 0 Å². The molecule has 0 amide bonds. The Labute approximate surface area is 146 Å². The molecule has 24 heavy (non-hydrogen) atoms. The molecule has 0 radical (unpaired) electrons. The van der Waals surface area contributed by atoms with Crippen LogP contribution in [-0.4, -0.2) is 28.1 Å². The van der Waals surface area contributed by atoms with Crippen LogP contribution in [0.15, 0.2) is 12.2 Å². The molecule has 0 aromatic heterocycles. The first-order chi connectivity index (χ1) is 11.5. The average Bonchev–Trinajstić information content (AvgIpc) is 2.81. The Kier molecular flexibility index (Phi) is 9.92. The number of hydrogen-bond acceptors (Lipinski definition) is 3. The number of rotatable bonds is 12. The predicted octanol–water partition coefficient (Wildman–Crippen LogP) is 4.36. The van der Waals surface area contributed by atoms with E-state index in [-0.39, 0.29) is 18.3 Å². The van der Waals surface area contributed by atoms with Crippen molar-refractivity contribution in [2.45, 2.75) is 84.2 Å². The molecule has 0 aliphatic heterocycles. The molecule has 1 rings (SSSR count). The van der Waals surface area contributed by atoms with Gasteiger partial charge in [0.05, 0.1) is 6.10 Å². The van der Waals surface area contributed by atoms with Gasteiger partial charge in [-0.15, -0.1) is 0 Å². The summed E-state index contributed by atoms with van der Waals surface area (Å²) < 4.78 is 0. The van der Waals surface area contributed by atoms with Crippen molar-refractivity contribution in [3.63, 3.8) is 0 Å². The summed E-state index contributed by atoms with van der Waals surface area (Å²) in [7, 11) is 0. The fourth-order valence-electron chi connectivity index (χ4n) is 3.86. The van der Waals surface area contributed by atoms with Crippen LogP contribution in [0.1, 0.15) is 78.1 Å². The first-order valence-electron chi connectivity index (χ1n) is 9.60. The van der Waals surface area contributed by atoms with Crippen LogP contribution in [-0.2, 0) is 9.59 Å². The maximum atomic E-state index is 12.4. The highest BCUT2D eigenvalue weighted by molar-refractivity contribution is 5.84. The van der Waals surface area contributed by atoms with Crippen molar-refractivity contribution in [3.8, 4) is 0 Å². The summed E-state index contributed by atoms with van der Waals surface area (Å²) >= 11 is 0. The number of ketones is 1. The van der Waals surface area contributed by atoms with E-state index in [2.05, 4.69) is 19.9 Å². The lowest BCUT2D eigenvalue weighted by atomic mass is 9.83. The minimum absolute atomic E-state index is 0.0523. The zero-order valence-corrected chi connectivity index (χ0v) is 15.2. The van der Waals surface area contributed by atoms with E-state index in [1.807, 2.05) is 6.08 Å². The molecule has 1 fully saturated rings. The van der Waals surface area contributed by atoms with Crippen LogP contribution < -0.4 is 0 Å². The minimum Gasteiger partial charge on any atom is -0.481 e. The van der Waals surface area contributed by atoms with Crippen molar-refractivity contribution >= 4 is 11.8 Å². The standard InChI is InChI=1S/C20H34O4/c1-3-8-15-14-19(22)18(10-6-5-7-11-20(23)24)17(15)13-12-16(21)9-4-2/h12-13,15-18,21H,3-11,14H2,1-2H3,(H,23,24)/b13-12+. The van der Waals surface area contributed by atoms with Gasteiger partial charge in [-0.05, 0) is 37.5 Å². The molecule has 2 N–H and O–H groups in total. The number of allylic oxidation sites excluding steroid dienone is 1. The van der Waals surface area contributed by atoms with E-state index in [4.69, 9.17) is 5.11 Å². The normalized spacial score (nSPS) is 25.5. The summed E-state index contributed by atoms with van der Waals surface area (Å²) in [6.45, 7) is 4.20. The van der Waals surface area contributed by atoms with Crippen LogP contribution in [0.25, 0.3) is 0 Å². The first kappa shape index (κ1) is 20.9. The van der Waals surface area contributed by atoms with Crippen molar-refractivity contribution in [1.29, 1.82) is 0 Å². The summed E-state index contributed by atoms with van der Waals surface area (Å²) in [6, 6.07) is 0. The van der Waals surface area contributed by atoms with E-state index in [0.29, 0.717) is 24.5 Å². The molecule has 4 nitrogen and oxygen atoms in total. The monoisotopic (exact) mass is 338 g/mol. The molecular formula is C20H34O4. The first-order valence-corrected chi connectivity index (χ1v) is 9.60. The lowest BCUT2D eigenvalue weighted by Crippen LogP contribution is -2.17. The average molecular weight is 338 g/mol. The number of aliphatic hydroxyl groups is 1. The predicted molar refractivity (Wildman–Crippen MR) is 95.8 cm³/mol. The van der Waals surface area contributed by atoms with Gasteiger partial charge >= 0.3 is 5.97 Å². The number of hydrogen-bond donors (Lipinski definition) is 2. The van der Waals surface area contributed by atoms with Gasteiger partial charge in [-0.25, -0.2) is 0 Å². The molecule has 0 bridgehead atoms. The Bertz CT molecular complexity index is 416. The Morgan fingerprint density at radius 3 is 2.58 bits per heavy atom. The van der Waals surface area contributed by atoms with Crippen molar-refractivity contribution < 1.29 is 19.8 Å². The second-order valence-electron chi connectivity index (χ2n) is 7.14. The minimum atomic E-state index is -0.749. The number of carboxylic acid groups (broad SMARTS) is 1. The van der Waals surface area contributed by atoms with Crippen LogP contribution in [0.2, 0.25) is 0 Å². The Hall–Kier alpha value is -1.16. The Morgan fingerprint density at radius 2 is 1.96 bits per heavy atom. The topological polar surface area (TPSA) is 74.6 Å². The van der Waals surface area contributed by atoms with Gasteiger partial charge in [-0.2, -0.15) is 0 Å². The van der Waals surface area contributed by atoms with Crippen LogP contribution in [0.5, 0.6) is 0 Å². The lowest BCUT2D eigenvalue weighted by molar-refractivity contribution is -0.137. The van der Waals surface area contributed by atoms with E-state index in [9.17, 15) is 14.7 Å². The van der Waals surface area contributed by atoms with Crippen LogP contribution in [0, 0.1) is 17.8 Å². The third kappa shape index (κ3) is 7.16. The van der Waals surface area contributed by atoms with E-state index >= 15 is 0 Å². The van der Waals surface area contributed by atoms with Crippen molar-refractivity contribution in [2.24, 2.45) is 17.8 Å². The maximum absolute atomic E-state index is 12.4. The van der Waals surface area contributed by atoms with Crippen molar-refractivity contribution in [3.05, 3.63) is 12.2 Å². The van der Waals surface area contributed by atoms with E-state index < -0.39 is 12.1 Å². The number of carbonyl (C=O) groups excluding carboxylic acids is 1. The quantitative estimate of drug-likeness (QED) is 0.409. The molecule has 1 aliphatic rings. The summed E-state index contributed by atoms with van der Waals surface area (Å²) in [5.41, 5.74) is 0. The Balaban J connectivity index is 2.60. The van der Waals surface area contributed by atoms with Crippen molar-refractivity contribution in [1.82, 2.24) is 0 Å². The van der Waals surface area contributed by atoms with Gasteiger partial charge in [0.1, 0.15) is 5.78 Å². The molecule has 0 saturated heterocycles.